The van der Waals surface area contributed by atoms with Gasteiger partial charge in [0.05, 0.1) is 12.8 Å². The first-order valence-electron chi connectivity index (χ1n) is 3.88. The number of ether oxygens (including phenoxy) is 1. The van der Waals surface area contributed by atoms with Gasteiger partial charge in [0.2, 0.25) is 7.37 Å². The van der Waals surface area contributed by atoms with Crippen LogP contribution in [-0.2, 0) is 18.6 Å². The van der Waals surface area contributed by atoms with E-state index in [4.69, 9.17) is 16.1 Å². The molecule has 0 aliphatic rings. The van der Waals surface area contributed by atoms with Crippen molar-refractivity contribution in [3.8, 4) is 0 Å². The van der Waals surface area contributed by atoms with E-state index in [9.17, 15) is 9.36 Å². The minimum Gasteiger partial charge on any atom is -0.465 e. The van der Waals surface area contributed by atoms with Gasteiger partial charge in [-0.15, -0.1) is 11.6 Å². The minimum atomic E-state index is -2.63. The largest absolute Gasteiger partial charge is 0.465 e. The van der Waals surface area contributed by atoms with E-state index in [1.54, 1.807) is 0 Å². The first-order chi connectivity index (χ1) is 5.98. The molecule has 0 rings (SSSR count). The quantitative estimate of drug-likeness (QED) is 0.395. The summed E-state index contributed by atoms with van der Waals surface area (Å²) in [5.74, 6) is -0.0666. The zero-order valence-electron chi connectivity index (χ0n) is 7.79. The second-order valence-electron chi connectivity index (χ2n) is 2.60. The Balaban J connectivity index is 3.63. The number of halogens is 1. The van der Waals surface area contributed by atoms with Gasteiger partial charge in [-0.1, -0.05) is 0 Å². The van der Waals surface area contributed by atoms with Crippen LogP contribution in [0.5, 0.6) is 0 Å². The molecule has 0 heterocycles. The fourth-order valence-electron chi connectivity index (χ4n) is 0.647. The number of carbonyl (C=O) groups is 1. The fourth-order valence-corrected chi connectivity index (χ4v) is 1.86. The third kappa shape index (κ3) is 8.28. The van der Waals surface area contributed by atoms with Crippen LogP contribution in [0.3, 0.4) is 0 Å². The first kappa shape index (κ1) is 12.9. The number of carbonyl (C=O) groups excluding carboxylic acids is 1. The van der Waals surface area contributed by atoms with E-state index in [-0.39, 0.29) is 25.3 Å². The Morgan fingerprint density at radius 1 is 1.46 bits per heavy atom. The van der Waals surface area contributed by atoms with E-state index >= 15 is 0 Å². The lowest BCUT2D eigenvalue weighted by atomic mass is 10.8. The lowest BCUT2D eigenvalue weighted by Crippen LogP contribution is -2.07. The van der Waals surface area contributed by atoms with Crippen LogP contribution < -0.4 is 0 Å². The second-order valence-corrected chi connectivity index (χ2v) is 5.71. The average molecular weight is 229 g/mol. The highest BCUT2D eigenvalue weighted by molar-refractivity contribution is 7.58. The van der Waals surface area contributed by atoms with Gasteiger partial charge in [-0.05, 0) is 0 Å². The molecule has 0 saturated carbocycles. The molecule has 6 heteroatoms. The van der Waals surface area contributed by atoms with Crippen molar-refractivity contribution in [2.24, 2.45) is 0 Å². The second kappa shape index (κ2) is 6.41. The van der Waals surface area contributed by atoms with E-state index < -0.39 is 7.37 Å². The fraction of sp³-hybridized carbons (Fsp3) is 0.857. The minimum absolute atomic E-state index is 0.130. The monoisotopic (exact) mass is 228 g/mol. The summed E-state index contributed by atoms with van der Waals surface area (Å²) in [5.41, 5.74) is 0. The van der Waals surface area contributed by atoms with Crippen LogP contribution >= 0.6 is 19.0 Å². The Kier molecular flexibility index (Phi) is 6.39. The summed E-state index contributed by atoms with van der Waals surface area (Å²) >= 11 is 5.36. The number of esters is 1. The molecule has 78 valence electrons. The summed E-state index contributed by atoms with van der Waals surface area (Å²) < 4.78 is 21.1. The van der Waals surface area contributed by atoms with E-state index in [0.29, 0.717) is 5.88 Å². The molecular weight excluding hydrogens is 214 g/mol. The van der Waals surface area contributed by atoms with Crippen molar-refractivity contribution in [1.82, 2.24) is 0 Å². The molecule has 0 radical (unpaired) electrons. The summed E-state index contributed by atoms with van der Waals surface area (Å²) in [4.78, 5) is 10.4. The lowest BCUT2D eigenvalue weighted by molar-refractivity contribution is -0.140. The molecule has 0 N–H and O–H groups in total. The molecular formula is C7H14ClO4P. The summed E-state index contributed by atoms with van der Waals surface area (Å²) in [6.07, 6.45) is 0.240. The molecule has 1 unspecified atom stereocenters. The standard InChI is InChI=1S/C7H14ClO4P/c1-7(9)11-5-6-13(2,10)12-4-3-8/h3-6H2,1-2H3. The van der Waals surface area contributed by atoms with Crippen LogP contribution in [0.2, 0.25) is 0 Å². The van der Waals surface area contributed by atoms with Crippen LogP contribution in [0, 0.1) is 0 Å². The summed E-state index contributed by atoms with van der Waals surface area (Å²) in [6.45, 7) is 3.20. The van der Waals surface area contributed by atoms with Crippen LogP contribution in [0.15, 0.2) is 0 Å². The third-order valence-corrected chi connectivity index (χ3v) is 3.12. The number of hydrogen-bond acceptors (Lipinski definition) is 4. The van der Waals surface area contributed by atoms with Crippen molar-refractivity contribution >= 4 is 24.9 Å². The normalized spacial score (nSPS) is 15.0. The van der Waals surface area contributed by atoms with E-state index in [1.807, 2.05) is 0 Å². The summed E-state index contributed by atoms with van der Waals surface area (Å²) in [7, 11) is -2.63. The van der Waals surface area contributed by atoms with Gasteiger partial charge in [0, 0.05) is 19.5 Å². The maximum absolute atomic E-state index is 11.5. The van der Waals surface area contributed by atoms with Crippen molar-refractivity contribution < 1.29 is 18.6 Å². The molecule has 0 aromatic heterocycles. The van der Waals surface area contributed by atoms with Crippen molar-refractivity contribution in [1.29, 1.82) is 0 Å². The topological polar surface area (TPSA) is 52.6 Å². The molecule has 13 heavy (non-hydrogen) atoms. The van der Waals surface area contributed by atoms with Crippen LogP contribution in [0.4, 0.5) is 0 Å². The Bertz CT molecular complexity index is 207. The number of alkyl halides is 1. The molecule has 4 nitrogen and oxygen atoms in total. The van der Waals surface area contributed by atoms with E-state index in [2.05, 4.69) is 4.74 Å². The summed E-state index contributed by atoms with van der Waals surface area (Å²) in [6, 6.07) is 0. The maximum Gasteiger partial charge on any atom is 0.302 e. The molecule has 0 amide bonds. The number of hydrogen-bond donors (Lipinski definition) is 0. The van der Waals surface area contributed by atoms with Gasteiger partial charge in [-0.2, -0.15) is 0 Å². The molecule has 1 atom stereocenters. The highest BCUT2D eigenvalue weighted by Crippen LogP contribution is 2.41. The van der Waals surface area contributed by atoms with Gasteiger partial charge in [-0.25, -0.2) is 0 Å². The van der Waals surface area contributed by atoms with Crippen LogP contribution in [0.1, 0.15) is 6.92 Å². The van der Waals surface area contributed by atoms with Crippen molar-refractivity contribution in [2.75, 3.05) is 31.9 Å². The maximum atomic E-state index is 11.5. The molecule has 0 saturated heterocycles. The SMILES string of the molecule is CC(=O)OCCP(C)(=O)OCCCl. The van der Waals surface area contributed by atoms with Crippen molar-refractivity contribution in [2.45, 2.75) is 6.92 Å². The first-order valence-corrected chi connectivity index (χ1v) is 6.67. The molecule has 0 bridgehead atoms. The Hall–Kier alpha value is -0.0500. The third-order valence-electron chi connectivity index (χ3n) is 1.24. The molecule has 0 aromatic carbocycles. The Morgan fingerprint density at radius 2 is 2.08 bits per heavy atom. The zero-order chi connectivity index (χ0) is 10.3. The van der Waals surface area contributed by atoms with Gasteiger partial charge in [0.25, 0.3) is 0 Å². The molecule has 0 spiro atoms. The predicted octanol–water partition coefficient (Wildman–Crippen LogP) is 1.71. The van der Waals surface area contributed by atoms with Gasteiger partial charge in [0.15, 0.2) is 0 Å². The molecule has 0 aliphatic carbocycles. The van der Waals surface area contributed by atoms with E-state index in [0.717, 1.165) is 0 Å². The average Bonchev–Trinajstić information content (AvgIpc) is 2.00. The van der Waals surface area contributed by atoms with Crippen molar-refractivity contribution in [3.05, 3.63) is 0 Å². The molecule has 0 fully saturated rings. The summed E-state index contributed by atoms with van der Waals surface area (Å²) in [5, 5.41) is 0. The highest BCUT2D eigenvalue weighted by Gasteiger charge is 2.15. The zero-order valence-corrected chi connectivity index (χ0v) is 9.44. The van der Waals surface area contributed by atoms with Crippen LogP contribution in [-0.4, -0.2) is 37.9 Å². The lowest BCUT2D eigenvalue weighted by Gasteiger charge is -2.12. The van der Waals surface area contributed by atoms with Gasteiger partial charge in [0.1, 0.15) is 6.61 Å². The molecule has 0 aromatic rings. The van der Waals surface area contributed by atoms with Gasteiger partial charge in [-0.3, -0.25) is 9.36 Å². The Labute approximate surface area is 83.0 Å². The molecule has 0 aliphatic heterocycles. The van der Waals surface area contributed by atoms with Gasteiger partial charge < -0.3 is 9.26 Å². The predicted molar refractivity (Wildman–Crippen MR) is 51.7 cm³/mol. The van der Waals surface area contributed by atoms with E-state index in [1.165, 1.54) is 13.6 Å². The van der Waals surface area contributed by atoms with Gasteiger partial charge >= 0.3 is 5.97 Å². The highest BCUT2D eigenvalue weighted by atomic mass is 35.5. The van der Waals surface area contributed by atoms with Crippen molar-refractivity contribution in [3.63, 3.8) is 0 Å². The van der Waals surface area contributed by atoms with Crippen LogP contribution in [0.25, 0.3) is 0 Å². The smallest absolute Gasteiger partial charge is 0.302 e. The number of rotatable bonds is 6. The Morgan fingerprint density at radius 3 is 2.54 bits per heavy atom.